The van der Waals surface area contributed by atoms with Gasteiger partial charge in [0.2, 0.25) is 5.91 Å². The van der Waals surface area contributed by atoms with Crippen molar-refractivity contribution in [1.82, 2.24) is 15.5 Å². The van der Waals surface area contributed by atoms with Crippen LogP contribution in [0.3, 0.4) is 0 Å². The molecule has 19 heavy (non-hydrogen) atoms. The summed E-state index contributed by atoms with van der Waals surface area (Å²) < 4.78 is 0. The Bertz CT molecular complexity index is 402. The molecule has 108 valence electrons. The maximum absolute atomic E-state index is 12.0. The van der Waals surface area contributed by atoms with E-state index >= 15 is 0 Å². The molecule has 0 aromatic rings. The Kier molecular flexibility index (Phi) is 4.19. The van der Waals surface area contributed by atoms with Gasteiger partial charge in [-0.2, -0.15) is 0 Å². The van der Waals surface area contributed by atoms with Crippen molar-refractivity contribution < 1.29 is 19.5 Å². The summed E-state index contributed by atoms with van der Waals surface area (Å²) in [4.78, 5) is 36.2. The number of hydrogen-bond donors (Lipinski definition) is 3. The van der Waals surface area contributed by atoms with Crippen molar-refractivity contribution in [2.45, 2.75) is 45.3 Å². The third kappa shape index (κ3) is 3.66. The van der Waals surface area contributed by atoms with Crippen molar-refractivity contribution in [2.75, 3.05) is 13.1 Å². The van der Waals surface area contributed by atoms with E-state index in [1.165, 1.54) is 0 Å². The monoisotopic (exact) mass is 271 g/mol. The van der Waals surface area contributed by atoms with Crippen LogP contribution in [0.15, 0.2) is 0 Å². The number of imide groups is 1. The Morgan fingerprint density at radius 1 is 1.47 bits per heavy atom. The molecule has 0 spiro atoms. The first kappa shape index (κ1) is 15.4. The van der Waals surface area contributed by atoms with Crippen LogP contribution in [0.5, 0.6) is 0 Å². The number of urea groups is 1. The van der Waals surface area contributed by atoms with Gasteiger partial charge in [-0.15, -0.1) is 0 Å². The molecule has 7 nitrogen and oxygen atoms in total. The minimum atomic E-state index is -1.04. The van der Waals surface area contributed by atoms with Crippen LogP contribution < -0.4 is 10.6 Å². The first-order valence-electron chi connectivity index (χ1n) is 6.22. The van der Waals surface area contributed by atoms with Crippen molar-refractivity contribution >= 4 is 17.8 Å². The van der Waals surface area contributed by atoms with Gasteiger partial charge >= 0.3 is 6.03 Å². The maximum Gasteiger partial charge on any atom is 0.325 e. The molecule has 0 saturated carbocycles. The largest absolute Gasteiger partial charge is 0.389 e. The summed E-state index contributed by atoms with van der Waals surface area (Å²) in [5, 5.41) is 14.5. The number of aliphatic hydroxyl groups is 1. The fourth-order valence-electron chi connectivity index (χ4n) is 1.64. The number of amides is 4. The van der Waals surface area contributed by atoms with Crippen LogP contribution >= 0.6 is 0 Å². The fourth-order valence-corrected chi connectivity index (χ4v) is 1.64. The summed E-state index contributed by atoms with van der Waals surface area (Å²) in [6, 6.07) is -0.562. The van der Waals surface area contributed by atoms with Gasteiger partial charge in [-0.05, 0) is 27.2 Å². The van der Waals surface area contributed by atoms with Gasteiger partial charge in [0.1, 0.15) is 12.1 Å². The Balaban J connectivity index is 2.60. The average Bonchev–Trinajstić information content (AvgIpc) is 2.50. The summed E-state index contributed by atoms with van der Waals surface area (Å²) in [5.74, 6) is -0.885. The number of carbonyl (C=O) groups is 3. The van der Waals surface area contributed by atoms with E-state index in [4.69, 9.17) is 0 Å². The second-order valence-electron chi connectivity index (χ2n) is 5.60. The predicted molar refractivity (Wildman–Crippen MR) is 68.2 cm³/mol. The molecule has 1 atom stereocenters. The summed E-state index contributed by atoms with van der Waals surface area (Å²) in [6.07, 6.45) is 0.458. The van der Waals surface area contributed by atoms with Crippen LogP contribution in [0.1, 0.15) is 34.1 Å². The van der Waals surface area contributed by atoms with Crippen molar-refractivity contribution in [2.24, 2.45) is 0 Å². The third-order valence-corrected chi connectivity index (χ3v) is 3.07. The van der Waals surface area contributed by atoms with E-state index in [9.17, 15) is 19.5 Å². The predicted octanol–water partition coefficient (Wildman–Crippen LogP) is -0.406. The van der Waals surface area contributed by atoms with Gasteiger partial charge in [-0.3, -0.25) is 14.5 Å². The fraction of sp³-hybridized carbons (Fsp3) is 0.750. The van der Waals surface area contributed by atoms with E-state index in [1.54, 1.807) is 27.7 Å². The minimum Gasteiger partial charge on any atom is -0.389 e. The number of nitrogens with zero attached hydrogens (tertiary/aromatic N) is 1. The highest BCUT2D eigenvalue weighted by Crippen LogP contribution is 2.20. The Morgan fingerprint density at radius 3 is 2.47 bits per heavy atom. The number of nitrogens with one attached hydrogen (secondary N) is 2. The van der Waals surface area contributed by atoms with Gasteiger partial charge in [0.15, 0.2) is 0 Å². The standard InChI is InChI=1S/C12H21N3O4/c1-5-12(4)9(17)15(10(18)14-12)6-8(16)13-7-11(2,3)19/h19H,5-7H2,1-4H3,(H,13,16)(H,14,18). The minimum absolute atomic E-state index is 0.0561. The molecule has 1 fully saturated rings. The van der Waals surface area contributed by atoms with E-state index in [0.717, 1.165) is 4.90 Å². The van der Waals surface area contributed by atoms with Gasteiger partial charge in [-0.1, -0.05) is 6.92 Å². The summed E-state index contributed by atoms with van der Waals surface area (Å²) in [5.41, 5.74) is -1.97. The lowest BCUT2D eigenvalue weighted by Gasteiger charge is -2.20. The zero-order chi connectivity index (χ0) is 14.8. The molecule has 0 aromatic heterocycles. The third-order valence-electron chi connectivity index (χ3n) is 3.07. The molecular formula is C12H21N3O4. The lowest BCUT2D eigenvalue weighted by atomic mass is 9.99. The molecule has 1 saturated heterocycles. The van der Waals surface area contributed by atoms with Crippen molar-refractivity contribution in [3.63, 3.8) is 0 Å². The average molecular weight is 271 g/mol. The summed E-state index contributed by atoms with van der Waals surface area (Å²) in [7, 11) is 0. The molecule has 1 aliphatic heterocycles. The Morgan fingerprint density at radius 2 is 2.05 bits per heavy atom. The molecular weight excluding hydrogens is 250 g/mol. The number of rotatable bonds is 5. The number of hydrogen-bond acceptors (Lipinski definition) is 4. The Hall–Kier alpha value is -1.63. The highest BCUT2D eigenvalue weighted by atomic mass is 16.3. The van der Waals surface area contributed by atoms with E-state index in [-0.39, 0.29) is 13.1 Å². The zero-order valence-corrected chi connectivity index (χ0v) is 11.7. The molecule has 0 radical (unpaired) electrons. The second kappa shape index (κ2) is 5.16. The molecule has 1 rings (SSSR count). The van der Waals surface area contributed by atoms with E-state index in [1.807, 2.05) is 0 Å². The molecule has 0 aromatic carbocycles. The quantitative estimate of drug-likeness (QED) is 0.592. The van der Waals surface area contributed by atoms with Crippen molar-refractivity contribution in [3.8, 4) is 0 Å². The first-order valence-corrected chi connectivity index (χ1v) is 6.22. The van der Waals surface area contributed by atoms with Crippen LogP contribution in [0.25, 0.3) is 0 Å². The molecule has 1 unspecified atom stereocenters. The Labute approximate surface area is 112 Å². The van der Waals surface area contributed by atoms with Crippen LogP contribution in [0.2, 0.25) is 0 Å². The van der Waals surface area contributed by atoms with Crippen molar-refractivity contribution in [3.05, 3.63) is 0 Å². The van der Waals surface area contributed by atoms with Gasteiger partial charge in [0.25, 0.3) is 5.91 Å². The van der Waals surface area contributed by atoms with Crippen LogP contribution in [-0.4, -0.2) is 52.1 Å². The van der Waals surface area contributed by atoms with Gasteiger partial charge in [0.05, 0.1) is 5.60 Å². The molecule has 0 bridgehead atoms. The molecule has 4 amide bonds. The molecule has 1 heterocycles. The smallest absolute Gasteiger partial charge is 0.325 e. The van der Waals surface area contributed by atoms with Crippen molar-refractivity contribution in [1.29, 1.82) is 0 Å². The maximum atomic E-state index is 12.0. The normalized spacial score (nSPS) is 23.5. The lowest BCUT2D eigenvalue weighted by molar-refractivity contribution is -0.134. The lowest BCUT2D eigenvalue weighted by Crippen LogP contribution is -2.46. The first-order chi connectivity index (χ1) is 8.59. The molecule has 1 aliphatic rings. The van der Waals surface area contributed by atoms with Gasteiger partial charge in [-0.25, -0.2) is 4.79 Å². The van der Waals surface area contributed by atoms with Gasteiger partial charge in [0, 0.05) is 6.54 Å². The SMILES string of the molecule is CCC1(C)NC(=O)N(CC(=O)NCC(C)(C)O)C1=O. The zero-order valence-electron chi connectivity index (χ0n) is 11.7. The molecule has 3 N–H and O–H groups in total. The summed E-state index contributed by atoms with van der Waals surface area (Å²) in [6.45, 7) is 6.24. The van der Waals surface area contributed by atoms with Crippen LogP contribution in [-0.2, 0) is 9.59 Å². The topological polar surface area (TPSA) is 98.7 Å². The highest BCUT2D eigenvalue weighted by molar-refractivity contribution is 6.08. The van der Waals surface area contributed by atoms with Crippen LogP contribution in [0.4, 0.5) is 4.79 Å². The molecule has 0 aliphatic carbocycles. The van der Waals surface area contributed by atoms with Gasteiger partial charge < -0.3 is 15.7 Å². The van der Waals surface area contributed by atoms with E-state index < -0.39 is 29.0 Å². The van der Waals surface area contributed by atoms with E-state index in [0.29, 0.717) is 6.42 Å². The van der Waals surface area contributed by atoms with Crippen LogP contribution in [0, 0.1) is 0 Å². The molecule has 7 heteroatoms. The second-order valence-corrected chi connectivity index (χ2v) is 5.60. The highest BCUT2D eigenvalue weighted by Gasteiger charge is 2.46. The number of carbonyl (C=O) groups excluding carboxylic acids is 3. The summed E-state index contributed by atoms with van der Waals surface area (Å²) >= 11 is 0. The van der Waals surface area contributed by atoms with E-state index in [2.05, 4.69) is 10.6 Å².